The van der Waals surface area contributed by atoms with Crippen LogP contribution >= 0.6 is 0 Å². The zero-order valence-electron chi connectivity index (χ0n) is 12.0. The van der Waals surface area contributed by atoms with Crippen molar-refractivity contribution < 1.29 is 14.3 Å². The monoisotopic (exact) mass is 290 g/mol. The van der Waals surface area contributed by atoms with Gasteiger partial charge in [0.15, 0.2) is 0 Å². The van der Waals surface area contributed by atoms with E-state index >= 15 is 0 Å². The number of H-pyrrole nitrogens is 1. The number of carbonyl (C=O) groups is 1. The molecule has 0 aliphatic carbocycles. The number of halogens is 1. The Labute approximate surface area is 122 Å². The number of likely N-dealkylation sites (tertiary alicyclic amines) is 1. The molecule has 2 N–H and O–H groups in total. The predicted molar refractivity (Wildman–Crippen MR) is 78.8 cm³/mol. The van der Waals surface area contributed by atoms with Gasteiger partial charge in [-0.25, -0.2) is 4.39 Å². The Morgan fingerprint density at radius 3 is 3.10 bits per heavy atom. The van der Waals surface area contributed by atoms with Crippen molar-refractivity contribution in [1.82, 2.24) is 9.88 Å². The number of amides is 1. The quantitative estimate of drug-likeness (QED) is 0.908. The lowest BCUT2D eigenvalue weighted by molar-refractivity contribution is -0.132. The van der Waals surface area contributed by atoms with E-state index in [2.05, 4.69) is 4.98 Å². The zero-order valence-corrected chi connectivity index (χ0v) is 12.0. The molecule has 1 fully saturated rings. The highest BCUT2D eigenvalue weighted by atomic mass is 19.1. The molecule has 2 heterocycles. The molecular weight excluding hydrogens is 271 g/mol. The van der Waals surface area contributed by atoms with Gasteiger partial charge >= 0.3 is 0 Å². The van der Waals surface area contributed by atoms with Crippen LogP contribution in [-0.2, 0) is 11.2 Å². The van der Waals surface area contributed by atoms with E-state index < -0.39 is 6.17 Å². The van der Waals surface area contributed by atoms with Gasteiger partial charge in [0, 0.05) is 23.5 Å². The van der Waals surface area contributed by atoms with E-state index in [4.69, 9.17) is 0 Å². The Kier molecular flexibility index (Phi) is 3.68. The summed E-state index contributed by atoms with van der Waals surface area (Å²) in [6.45, 7) is 1.92. The first-order chi connectivity index (χ1) is 10.1. The van der Waals surface area contributed by atoms with Crippen molar-refractivity contribution in [2.75, 3.05) is 13.2 Å². The lowest BCUT2D eigenvalue weighted by atomic mass is 10.0. The summed E-state index contributed by atoms with van der Waals surface area (Å²) in [6.07, 6.45) is 1.27. The SMILES string of the molecule is Cc1cccc2[nH]cc(CC(=O)N3C[C@@H](F)C[C@H]3CO)c12. The first kappa shape index (κ1) is 14.1. The average molecular weight is 290 g/mol. The summed E-state index contributed by atoms with van der Waals surface area (Å²) in [5.41, 5.74) is 3.04. The number of hydrogen-bond donors (Lipinski definition) is 2. The second kappa shape index (κ2) is 5.48. The van der Waals surface area contributed by atoms with Crippen LogP contribution in [0.25, 0.3) is 10.9 Å². The third-order valence-corrected chi connectivity index (χ3v) is 4.23. The summed E-state index contributed by atoms with van der Waals surface area (Å²) in [4.78, 5) is 17.1. The number of nitrogens with one attached hydrogen (secondary N) is 1. The molecule has 0 radical (unpaired) electrons. The maximum atomic E-state index is 13.5. The van der Waals surface area contributed by atoms with Crippen LogP contribution in [0.2, 0.25) is 0 Å². The first-order valence-electron chi connectivity index (χ1n) is 7.20. The molecule has 2 atom stereocenters. The van der Waals surface area contributed by atoms with E-state index in [1.54, 1.807) is 0 Å². The lowest BCUT2D eigenvalue weighted by Crippen LogP contribution is -2.38. The molecule has 2 aromatic rings. The Balaban J connectivity index is 1.84. The van der Waals surface area contributed by atoms with E-state index in [0.29, 0.717) is 0 Å². The fourth-order valence-electron chi connectivity index (χ4n) is 3.19. The number of fused-ring (bicyclic) bond motifs is 1. The number of aromatic amines is 1. The number of benzene rings is 1. The van der Waals surface area contributed by atoms with Crippen LogP contribution in [0.5, 0.6) is 0 Å². The van der Waals surface area contributed by atoms with Gasteiger partial charge in [-0.15, -0.1) is 0 Å². The summed E-state index contributed by atoms with van der Waals surface area (Å²) < 4.78 is 13.5. The van der Waals surface area contributed by atoms with Gasteiger partial charge in [0.1, 0.15) is 6.17 Å². The number of nitrogens with zero attached hydrogens (tertiary/aromatic N) is 1. The standard InChI is InChI=1S/C16H19FN2O2/c1-10-3-2-4-14-16(10)11(7-18-14)5-15(21)19-8-12(17)6-13(19)9-20/h2-4,7,12-13,18,20H,5-6,8-9H2,1H3/t12-,13-/m0/s1. The highest BCUT2D eigenvalue weighted by molar-refractivity contribution is 5.91. The van der Waals surface area contributed by atoms with E-state index in [1.165, 1.54) is 4.90 Å². The van der Waals surface area contributed by atoms with Crippen LogP contribution in [0.15, 0.2) is 24.4 Å². The second-order valence-corrected chi connectivity index (χ2v) is 5.70. The molecule has 1 aromatic heterocycles. The number of aliphatic hydroxyl groups excluding tert-OH is 1. The Morgan fingerprint density at radius 2 is 2.33 bits per heavy atom. The van der Waals surface area contributed by atoms with E-state index in [1.807, 2.05) is 31.3 Å². The number of aliphatic hydroxyl groups is 1. The summed E-state index contributed by atoms with van der Waals surface area (Å²) in [6, 6.07) is 5.56. The molecule has 0 bridgehead atoms. The number of rotatable bonds is 3. The zero-order chi connectivity index (χ0) is 15.0. The minimum Gasteiger partial charge on any atom is -0.394 e. The van der Waals surface area contributed by atoms with Gasteiger partial charge in [0.05, 0.1) is 25.6 Å². The molecule has 3 rings (SSSR count). The number of aryl methyl sites for hydroxylation is 1. The van der Waals surface area contributed by atoms with E-state index in [-0.39, 0.29) is 37.9 Å². The lowest BCUT2D eigenvalue weighted by Gasteiger charge is -2.22. The fraction of sp³-hybridized carbons (Fsp3) is 0.438. The molecule has 1 aliphatic rings. The molecule has 4 nitrogen and oxygen atoms in total. The summed E-state index contributed by atoms with van der Waals surface area (Å²) in [7, 11) is 0. The average Bonchev–Trinajstić information content (AvgIpc) is 3.03. The van der Waals surface area contributed by atoms with Crippen LogP contribution < -0.4 is 0 Å². The van der Waals surface area contributed by atoms with Crippen molar-refractivity contribution in [2.45, 2.75) is 32.0 Å². The first-order valence-corrected chi connectivity index (χ1v) is 7.20. The smallest absolute Gasteiger partial charge is 0.227 e. The molecule has 1 aromatic carbocycles. The van der Waals surface area contributed by atoms with Crippen molar-refractivity contribution in [3.63, 3.8) is 0 Å². The maximum absolute atomic E-state index is 13.5. The number of hydrogen-bond acceptors (Lipinski definition) is 2. The largest absolute Gasteiger partial charge is 0.394 e. The third-order valence-electron chi connectivity index (χ3n) is 4.23. The highest BCUT2D eigenvalue weighted by Gasteiger charge is 2.34. The van der Waals surface area contributed by atoms with Crippen molar-refractivity contribution in [3.05, 3.63) is 35.5 Å². The number of carbonyl (C=O) groups excluding carboxylic acids is 1. The predicted octanol–water partition coefficient (Wildman–Crippen LogP) is 1.95. The van der Waals surface area contributed by atoms with Gasteiger partial charge < -0.3 is 15.0 Å². The molecule has 0 unspecified atom stereocenters. The molecule has 0 saturated carbocycles. The molecule has 1 saturated heterocycles. The second-order valence-electron chi connectivity index (χ2n) is 5.70. The van der Waals surface area contributed by atoms with E-state index in [0.717, 1.165) is 22.0 Å². The van der Waals surface area contributed by atoms with Gasteiger partial charge in [0.2, 0.25) is 5.91 Å². The number of aromatic nitrogens is 1. The van der Waals surface area contributed by atoms with Crippen molar-refractivity contribution in [3.8, 4) is 0 Å². The van der Waals surface area contributed by atoms with Crippen LogP contribution in [-0.4, -0.2) is 46.3 Å². The van der Waals surface area contributed by atoms with Gasteiger partial charge in [-0.05, 0) is 24.1 Å². The van der Waals surface area contributed by atoms with Gasteiger partial charge in [-0.2, -0.15) is 0 Å². The van der Waals surface area contributed by atoms with Crippen LogP contribution in [0.4, 0.5) is 4.39 Å². The Morgan fingerprint density at radius 1 is 1.52 bits per heavy atom. The summed E-state index contributed by atoms with van der Waals surface area (Å²) >= 11 is 0. The van der Waals surface area contributed by atoms with Crippen molar-refractivity contribution >= 4 is 16.8 Å². The van der Waals surface area contributed by atoms with Crippen LogP contribution in [0, 0.1) is 6.92 Å². The third kappa shape index (κ3) is 2.53. The normalized spacial score (nSPS) is 22.1. The van der Waals surface area contributed by atoms with Crippen molar-refractivity contribution in [2.24, 2.45) is 0 Å². The molecule has 112 valence electrons. The Bertz CT molecular complexity index is 667. The van der Waals surface area contributed by atoms with E-state index in [9.17, 15) is 14.3 Å². The minimum atomic E-state index is -1.03. The van der Waals surface area contributed by atoms with Gasteiger partial charge in [-0.1, -0.05) is 12.1 Å². The van der Waals surface area contributed by atoms with Gasteiger partial charge in [0.25, 0.3) is 0 Å². The molecule has 1 amide bonds. The molecule has 1 aliphatic heterocycles. The molecule has 21 heavy (non-hydrogen) atoms. The summed E-state index contributed by atoms with van der Waals surface area (Å²) in [5, 5.41) is 10.3. The van der Waals surface area contributed by atoms with Gasteiger partial charge in [-0.3, -0.25) is 4.79 Å². The number of alkyl halides is 1. The van der Waals surface area contributed by atoms with Crippen LogP contribution in [0.3, 0.4) is 0 Å². The summed E-state index contributed by atoms with van der Waals surface area (Å²) in [5.74, 6) is -0.127. The fourth-order valence-corrected chi connectivity index (χ4v) is 3.19. The molecule has 5 heteroatoms. The highest BCUT2D eigenvalue weighted by Crippen LogP contribution is 2.25. The maximum Gasteiger partial charge on any atom is 0.227 e. The van der Waals surface area contributed by atoms with Crippen molar-refractivity contribution in [1.29, 1.82) is 0 Å². The van der Waals surface area contributed by atoms with Crippen LogP contribution in [0.1, 0.15) is 17.5 Å². The minimum absolute atomic E-state index is 0.0887. The Hall–Kier alpha value is -1.88. The molecule has 0 spiro atoms. The molecular formula is C16H19FN2O2. The topological polar surface area (TPSA) is 56.3 Å².